The van der Waals surface area contributed by atoms with Gasteiger partial charge in [0.2, 0.25) is 17.7 Å². The highest BCUT2D eigenvalue weighted by Gasteiger charge is 2.49. The Bertz CT molecular complexity index is 709. The molecule has 25 heavy (non-hydrogen) atoms. The van der Waals surface area contributed by atoms with Gasteiger partial charge in [-0.25, -0.2) is 4.98 Å². The molecule has 0 unspecified atom stereocenters. The van der Waals surface area contributed by atoms with Gasteiger partial charge in [0.05, 0.1) is 12.1 Å². The zero-order valence-corrected chi connectivity index (χ0v) is 14.7. The van der Waals surface area contributed by atoms with Crippen LogP contribution in [0.25, 0.3) is 0 Å². The first-order valence-electron chi connectivity index (χ1n) is 9.62. The lowest BCUT2D eigenvalue weighted by molar-refractivity contribution is -0.149. The maximum Gasteiger partial charge on any atom is 0.245 e. The minimum atomic E-state index is -0.236. The topological polar surface area (TPSA) is 66.7 Å². The van der Waals surface area contributed by atoms with Gasteiger partial charge in [-0.2, -0.15) is 0 Å². The molecular formula is C19H25N3O3. The molecule has 6 nitrogen and oxygen atoms in total. The SMILES string of the molecule is Cc1cnc(C2CN(C(=O)[C@@H]3CC[C@@H]4C[C@H]5C[C@@H]5CCC(=O)N43)C2)o1. The molecule has 3 saturated heterocycles. The fourth-order valence-corrected chi connectivity index (χ4v) is 5.06. The molecule has 4 aliphatic rings. The molecule has 0 bridgehead atoms. The van der Waals surface area contributed by atoms with E-state index in [0.29, 0.717) is 25.6 Å². The molecule has 5 rings (SSSR count). The van der Waals surface area contributed by atoms with Crippen LogP contribution in [-0.2, 0) is 9.59 Å². The molecule has 0 N–H and O–H groups in total. The molecule has 0 spiro atoms. The van der Waals surface area contributed by atoms with Crippen LogP contribution in [0.3, 0.4) is 0 Å². The summed E-state index contributed by atoms with van der Waals surface area (Å²) in [6, 6.07) is 0.0586. The van der Waals surface area contributed by atoms with Gasteiger partial charge in [-0.1, -0.05) is 0 Å². The average molecular weight is 343 g/mol. The third kappa shape index (κ3) is 2.57. The first-order valence-corrected chi connectivity index (χ1v) is 9.62. The largest absolute Gasteiger partial charge is 0.446 e. The zero-order valence-electron chi connectivity index (χ0n) is 14.7. The number of nitrogens with zero attached hydrogens (tertiary/aromatic N) is 3. The molecule has 4 atom stereocenters. The Balaban J connectivity index is 1.25. The summed E-state index contributed by atoms with van der Waals surface area (Å²) < 4.78 is 5.58. The Hall–Kier alpha value is -1.85. The molecule has 1 aromatic heterocycles. The molecule has 1 aromatic rings. The minimum Gasteiger partial charge on any atom is -0.446 e. The molecule has 0 radical (unpaired) electrons. The number of hydrogen-bond donors (Lipinski definition) is 0. The van der Waals surface area contributed by atoms with Crippen molar-refractivity contribution in [3.05, 3.63) is 17.8 Å². The van der Waals surface area contributed by atoms with Crippen molar-refractivity contribution in [1.82, 2.24) is 14.8 Å². The van der Waals surface area contributed by atoms with Gasteiger partial charge in [-0.05, 0) is 50.9 Å². The van der Waals surface area contributed by atoms with Crippen molar-refractivity contribution in [2.45, 2.75) is 63.5 Å². The summed E-state index contributed by atoms with van der Waals surface area (Å²) >= 11 is 0. The highest BCUT2D eigenvalue weighted by Crippen LogP contribution is 2.49. The quantitative estimate of drug-likeness (QED) is 0.825. The third-order valence-electron chi connectivity index (χ3n) is 6.63. The van der Waals surface area contributed by atoms with Crippen molar-refractivity contribution < 1.29 is 14.0 Å². The second-order valence-corrected chi connectivity index (χ2v) is 8.33. The average Bonchev–Trinajstić information content (AvgIpc) is 2.90. The molecule has 3 aliphatic heterocycles. The van der Waals surface area contributed by atoms with Gasteiger partial charge in [-0.3, -0.25) is 9.59 Å². The summed E-state index contributed by atoms with van der Waals surface area (Å²) in [4.78, 5) is 33.8. The first kappa shape index (κ1) is 15.4. The molecule has 1 aliphatic carbocycles. The number of carbonyl (C=O) groups is 2. The van der Waals surface area contributed by atoms with E-state index in [0.717, 1.165) is 49.2 Å². The van der Waals surface area contributed by atoms with E-state index in [1.165, 1.54) is 6.42 Å². The fraction of sp³-hybridized carbons (Fsp3) is 0.737. The van der Waals surface area contributed by atoms with Crippen molar-refractivity contribution in [3.63, 3.8) is 0 Å². The monoisotopic (exact) mass is 343 g/mol. The van der Waals surface area contributed by atoms with E-state index in [1.54, 1.807) is 6.20 Å². The van der Waals surface area contributed by atoms with E-state index in [1.807, 2.05) is 16.7 Å². The fourth-order valence-electron chi connectivity index (χ4n) is 5.06. The predicted octanol–water partition coefficient (Wildman–Crippen LogP) is 2.09. The van der Waals surface area contributed by atoms with Gasteiger partial charge in [0, 0.05) is 25.6 Å². The summed E-state index contributed by atoms with van der Waals surface area (Å²) in [6.07, 6.45) is 7.58. The second kappa shape index (κ2) is 5.58. The second-order valence-electron chi connectivity index (χ2n) is 8.33. The van der Waals surface area contributed by atoms with E-state index >= 15 is 0 Å². The Morgan fingerprint density at radius 3 is 2.80 bits per heavy atom. The van der Waals surface area contributed by atoms with Crippen molar-refractivity contribution in [2.75, 3.05) is 13.1 Å². The van der Waals surface area contributed by atoms with Crippen LogP contribution in [0.1, 0.15) is 56.1 Å². The number of oxazole rings is 1. The van der Waals surface area contributed by atoms with Crippen LogP contribution in [0.4, 0.5) is 0 Å². The molecule has 0 aromatic carbocycles. The van der Waals surface area contributed by atoms with Crippen LogP contribution < -0.4 is 0 Å². The van der Waals surface area contributed by atoms with E-state index in [4.69, 9.17) is 4.42 Å². The molecule has 134 valence electrons. The summed E-state index contributed by atoms with van der Waals surface area (Å²) in [5.74, 6) is 3.65. The normalized spacial score (nSPS) is 34.8. The van der Waals surface area contributed by atoms with E-state index in [-0.39, 0.29) is 23.8 Å². The number of hydrogen-bond acceptors (Lipinski definition) is 4. The van der Waals surface area contributed by atoms with E-state index in [2.05, 4.69) is 4.98 Å². The van der Waals surface area contributed by atoms with Crippen molar-refractivity contribution in [2.24, 2.45) is 11.8 Å². The number of aromatic nitrogens is 1. The molecule has 6 heteroatoms. The summed E-state index contributed by atoms with van der Waals surface area (Å²) in [5.41, 5.74) is 0. The zero-order chi connectivity index (χ0) is 17.1. The maximum atomic E-state index is 13.0. The van der Waals surface area contributed by atoms with Crippen LogP contribution in [0.15, 0.2) is 10.6 Å². The Kier molecular flexibility index (Phi) is 3.44. The Labute approximate surface area is 147 Å². The van der Waals surface area contributed by atoms with E-state index in [9.17, 15) is 9.59 Å². The molecule has 1 saturated carbocycles. The van der Waals surface area contributed by atoms with Gasteiger partial charge < -0.3 is 14.2 Å². The van der Waals surface area contributed by atoms with Gasteiger partial charge in [-0.15, -0.1) is 0 Å². The van der Waals surface area contributed by atoms with Crippen LogP contribution in [0.5, 0.6) is 0 Å². The Morgan fingerprint density at radius 2 is 2.04 bits per heavy atom. The summed E-state index contributed by atoms with van der Waals surface area (Å²) in [5, 5.41) is 0. The number of fused-ring (bicyclic) bond motifs is 2. The minimum absolute atomic E-state index is 0.128. The number of likely N-dealkylation sites (tertiary alicyclic amines) is 1. The summed E-state index contributed by atoms with van der Waals surface area (Å²) in [6.45, 7) is 3.20. The standard InChI is InChI=1S/C19H25N3O3/c1-11-8-20-18(25-11)14-9-21(10-14)19(24)16-4-3-15-7-13-6-12(13)2-5-17(23)22(15)16/h8,12-16H,2-7,9-10H2,1H3/t12-,13+,15+,16-/m0/s1. The van der Waals surface area contributed by atoms with Crippen LogP contribution >= 0.6 is 0 Å². The molecule has 4 fully saturated rings. The van der Waals surface area contributed by atoms with Gasteiger partial charge in [0.25, 0.3) is 0 Å². The van der Waals surface area contributed by atoms with Gasteiger partial charge in [0.1, 0.15) is 11.8 Å². The summed E-state index contributed by atoms with van der Waals surface area (Å²) in [7, 11) is 0. The molecule has 4 heterocycles. The third-order valence-corrected chi connectivity index (χ3v) is 6.63. The van der Waals surface area contributed by atoms with Gasteiger partial charge in [0.15, 0.2) is 0 Å². The number of rotatable bonds is 2. The van der Waals surface area contributed by atoms with Crippen molar-refractivity contribution in [3.8, 4) is 0 Å². The number of carbonyl (C=O) groups excluding carboxylic acids is 2. The van der Waals surface area contributed by atoms with Crippen LogP contribution in [-0.4, -0.2) is 51.8 Å². The maximum absolute atomic E-state index is 13.0. The van der Waals surface area contributed by atoms with Crippen molar-refractivity contribution in [1.29, 1.82) is 0 Å². The van der Waals surface area contributed by atoms with Gasteiger partial charge >= 0.3 is 0 Å². The van der Waals surface area contributed by atoms with Crippen LogP contribution in [0.2, 0.25) is 0 Å². The first-order chi connectivity index (χ1) is 12.1. The number of amides is 2. The van der Waals surface area contributed by atoms with Crippen LogP contribution in [0, 0.1) is 18.8 Å². The predicted molar refractivity (Wildman–Crippen MR) is 89.7 cm³/mol. The Morgan fingerprint density at radius 1 is 1.20 bits per heavy atom. The lowest BCUT2D eigenvalue weighted by Gasteiger charge is -2.41. The van der Waals surface area contributed by atoms with Crippen molar-refractivity contribution >= 4 is 11.8 Å². The highest BCUT2D eigenvalue weighted by atomic mass is 16.4. The number of aryl methyl sites for hydroxylation is 1. The molecule has 2 amide bonds. The lowest BCUT2D eigenvalue weighted by atomic mass is 9.98. The highest BCUT2D eigenvalue weighted by molar-refractivity contribution is 5.89. The molecular weight excluding hydrogens is 318 g/mol. The smallest absolute Gasteiger partial charge is 0.245 e. The van der Waals surface area contributed by atoms with E-state index < -0.39 is 0 Å². The lowest BCUT2D eigenvalue weighted by Crippen LogP contribution is -2.56.